The Morgan fingerprint density at radius 1 is 1.50 bits per heavy atom. The fraction of sp³-hybridized carbons (Fsp3) is 0.571. The first-order valence-electron chi connectivity index (χ1n) is 6.36. The summed E-state index contributed by atoms with van der Waals surface area (Å²) in [7, 11) is 3.68. The summed E-state index contributed by atoms with van der Waals surface area (Å²) >= 11 is 3.54. The molecule has 100 valence electrons. The van der Waals surface area contributed by atoms with Crippen molar-refractivity contribution in [2.75, 3.05) is 27.3 Å². The van der Waals surface area contributed by atoms with E-state index in [0.717, 1.165) is 29.8 Å². The van der Waals surface area contributed by atoms with Crippen LogP contribution in [0.5, 0.6) is 5.75 Å². The Labute approximate surface area is 117 Å². The topological polar surface area (TPSA) is 30.5 Å². The molecule has 2 unspecified atom stereocenters. The van der Waals surface area contributed by atoms with Crippen molar-refractivity contribution < 1.29 is 9.47 Å². The molecule has 1 N–H and O–H groups in total. The average molecular weight is 314 g/mol. The molecule has 3 nitrogen and oxygen atoms in total. The molecule has 1 heterocycles. The second-order valence-electron chi connectivity index (χ2n) is 4.65. The zero-order valence-electron chi connectivity index (χ0n) is 10.9. The summed E-state index contributed by atoms with van der Waals surface area (Å²) in [6.45, 7) is 1.85. The second-order valence-corrected chi connectivity index (χ2v) is 5.50. The molecule has 0 spiro atoms. The number of benzene rings is 1. The van der Waals surface area contributed by atoms with Gasteiger partial charge in [-0.15, -0.1) is 0 Å². The van der Waals surface area contributed by atoms with Crippen molar-refractivity contribution in [3.05, 3.63) is 28.2 Å². The van der Waals surface area contributed by atoms with Gasteiger partial charge in [-0.3, -0.25) is 0 Å². The average Bonchev–Trinajstić information content (AvgIpc) is 2.40. The van der Waals surface area contributed by atoms with E-state index in [4.69, 9.17) is 9.47 Å². The van der Waals surface area contributed by atoms with Gasteiger partial charge in [-0.05, 0) is 53.5 Å². The molecule has 18 heavy (non-hydrogen) atoms. The normalized spacial score (nSPS) is 23.9. The van der Waals surface area contributed by atoms with Gasteiger partial charge < -0.3 is 14.8 Å². The minimum absolute atomic E-state index is 0.188. The van der Waals surface area contributed by atoms with Gasteiger partial charge in [-0.25, -0.2) is 0 Å². The van der Waals surface area contributed by atoms with E-state index in [1.54, 1.807) is 7.11 Å². The number of ether oxygens (including phenoxy) is 2. The van der Waals surface area contributed by atoms with E-state index in [1.165, 1.54) is 12.0 Å². The van der Waals surface area contributed by atoms with Crippen LogP contribution in [0.25, 0.3) is 0 Å². The number of hydrogen-bond acceptors (Lipinski definition) is 3. The Kier molecular flexibility index (Phi) is 5.03. The second kappa shape index (κ2) is 6.55. The Morgan fingerprint density at radius 2 is 2.33 bits per heavy atom. The quantitative estimate of drug-likeness (QED) is 0.926. The SMILES string of the molecule is CNCC1CCCOC1c1ccc(OC)c(Br)c1. The largest absolute Gasteiger partial charge is 0.496 e. The van der Waals surface area contributed by atoms with Gasteiger partial charge in [-0.2, -0.15) is 0 Å². The van der Waals surface area contributed by atoms with Gasteiger partial charge in [0.2, 0.25) is 0 Å². The standard InChI is InChI=1S/C14H20BrNO2/c1-16-9-11-4-3-7-18-14(11)10-5-6-13(17-2)12(15)8-10/h5-6,8,11,14,16H,3-4,7,9H2,1-2H3. The highest BCUT2D eigenvalue weighted by Crippen LogP contribution is 2.36. The molecule has 0 saturated carbocycles. The third-order valence-electron chi connectivity index (χ3n) is 3.42. The van der Waals surface area contributed by atoms with Gasteiger partial charge in [0.1, 0.15) is 5.75 Å². The fourth-order valence-electron chi connectivity index (χ4n) is 2.54. The van der Waals surface area contributed by atoms with Crippen LogP contribution in [0.3, 0.4) is 0 Å². The number of nitrogens with one attached hydrogen (secondary N) is 1. The molecule has 1 saturated heterocycles. The highest BCUT2D eigenvalue weighted by molar-refractivity contribution is 9.10. The fourth-order valence-corrected chi connectivity index (χ4v) is 3.10. The predicted molar refractivity (Wildman–Crippen MR) is 76.0 cm³/mol. The van der Waals surface area contributed by atoms with E-state index in [0.29, 0.717) is 5.92 Å². The first kappa shape index (κ1) is 13.8. The van der Waals surface area contributed by atoms with Gasteiger partial charge in [0.25, 0.3) is 0 Å². The van der Waals surface area contributed by atoms with Gasteiger partial charge in [0.15, 0.2) is 0 Å². The molecule has 1 aliphatic heterocycles. The summed E-state index contributed by atoms with van der Waals surface area (Å²) in [5, 5.41) is 3.26. The van der Waals surface area contributed by atoms with E-state index < -0.39 is 0 Å². The molecule has 0 bridgehead atoms. The highest BCUT2D eigenvalue weighted by Gasteiger charge is 2.27. The number of rotatable bonds is 4. The Hall–Kier alpha value is -0.580. The summed E-state index contributed by atoms with van der Waals surface area (Å²) in [5.74, 6) is 1.41. The molecule has 2 rings (SSSR count). The molecule has 1 fully saturated rings. The molecule has 0 amide bonds. The number of hydrogen-bond donors (Lipinski definition) is 1. The van der Waals surface area contributed by atoms with Crippen LogP contribution in [0.4, 0.5) is 0 Å². The van der Waals surface area contributed by atoms with E-state index >= 15 is 0 Å². The lowest BCUT2D eigenvalue weighted by atomic mass is 9.89. The minimum Gasteiger partial charge on any atom is -0.496 e. The maximum absolute atomic E-state index is 5.96. The molecule has 1 aliphatic rings. The minimum atomic E-state index is 0.188. The van der Waals surface area contributed by atoms with Crippen LogP contribution in [0.1, 0.15) is 24.5 Å². The summed E-state index contributed by atoms with van der Waals surface area (Å²) in [6, 6.07) is 6.20. The maximum Gasteiger partial charge on any atom is 0.133 e. The maximum atomic E-state index is 5.96. The van der Waals surface area contributed by atoms with Crippen LogP contribution in [-0.2, 0) is 4.74 Å². The molecule has 0 aromatic heterocycles. The predicted octanol–water partition coefficient (Wildman–Crippen LogP) is 3.14. The van der Waals surface area contributed by atoms with Crippen LogP contribution in [0.15, 0.2) is 22.7 Å². The monoisotopic (exact) mass is 313 g/mol. The van der Waals surface area contributed by atoms with Gasteiger partial charge >= 0.3 is 0 Å². The Bertz CT molecular complexity index is 395. The summed E-state index contributed by atoms with van der Waals surface area (Å²) in [4.78, 5) is 0. The molecule has 2 atom stereocenters. The van der Waals surface area contributed by atoms with E-state index in [-0.39, 0.29) is 6.10 Å². The van der Waals surface area contributed by atoms with Crippen molar-refractivity contribution in [1.29, 1.82) is 0 Å². The van der Waals surface area contributed by atoms with Crippen LogP contribution in [0, 0.1) is 5.92 Å². The van der Waals surface area contributed by atoms with Crippen molar-refractivity contribution in [3.8, 4) is 5.75 Å². The zero-order chi connectivity index (χ0) is 13.0. The first-order valence-corrected chi connectivity index (χ1v) is 7.15. The molecular formula is C14H20BrNO2. The van der Waals surface area contributed by atoms with Gasteiger partial charge in [-0.1, -0.05) is 6.07 Å². The molecular weight excluding hydrogens is 294 g/mol. The summed E-state index contributed by atoms with van der Waals surface area (Å²) in [6.07, 6.45) is 2.56. The van der Waals surface area contributed by atoms with Gasteiger partial charge in [0.05, 0.1) is 17.7 Å². The Balaban J connectivity index is 2.19. The van der Waals surface area contributed by atoms with Crippen LogP contribution in [0.2, 0.25) is 0 Å². The molecule has 1 aromatic rings. The molecule has 4 heteroatoms. The van der Waals surface area contributed by atoms with Crippen molar-refractivity contribution in [3.63, 3.8) is 0 Å². The highest BCUT2D eigenvalue weighted by atomic mass is 79.9. The number of methoxy groups -OCH3 is 1. The molecule has 1 aromatic carbocycles. The van der Waals surface area contributed by atoms with Crippen molar-refractivity contribution in [1.82, 2.24) is 5.32 Å². The lowest BCUT2D eigenvalue weighted by Crippen LogP contribution is -2.30. The molecule has 0 aliphatic carbocycles. The molecule has 0 radical (unpaired) electrons. The zero-order valence-corrected chi connectivity index (χ0v) is 12.5. The lowest BCUT2D eigenvalue weighted by Gasteiger charge is -2.32. The lowest BCUT2D eigenvalue weighted by molar-refractivity contribution is -0.0272. The number of halogens is 1. The van der Waals surface area contributed by atoms with E-state index in [2.05, 4.69) is 33.4 Å². The third-order valence-corrected chi connectivity index (χ3v) is 4.04. The van der Waals surface area contributed by atoms with E-state index in [1.807, 2.05) is 13.1 Å². The Morgan fingerprint density at radius 3 is 3.00 bits per heavy atom. The van der Waals surface area contributed by atoms with Crippen molar-refractivity contribution in [2.24, 2.45) is 5.92 Å². The van der Waals surface area contributed by atoms with Crippen LogP contribution < -0.4 is 10.1 Å². The van der Waals surface area contributed by atoms with Crippen LogP contribution >= 0.6 is 15.9 Å². The van der Waals surface area contributed by atoms with Crippen molar-refractivity contribution >= 4 is 15.9 Å². The van der Waals surface area contributed by atoms with Crippen molar-refractivity contribution in [2.45, 2.75) is 18.9 Å². The van der Waals surface area contributed by atoms with Gasteiger partial charge in [0, 0.05) is 19.1 Å². The summed E-state index contributed by atoms with van der Waals surface area (Å²) < 4.78 is 12.2. The van der Waals surface area contributed by atoms with E-state index in [9.17, 15) is 0 Å². The first-order chi connectivity index (χ1) is 8.76. The smallest absolute Gasteiger partial charge is 0.133 e. The summed E-state index contributed by atoms with van der Waals surface area (Å²) in [5.41, 5.74) is 1.22. The van der Waals surface area contributed by atoms with Crippen LogP contribution in [-0.4, -0.2) is 27.3 Å². The third kappa shape index (κ3) is 3.05.